The van der Waals surface area contributed by atoms with E-state index in [1.807, 2.05) is 0 Å². The number of hydrogen-bond acceptors (Lipinski definition) is 6. The lowest BCUT2D eigenvalue weighted by Crippen LogP contribution is -2.31. The van der Waals surface area contributed by atoms with Crippen molar-refractivity contribution in [3.8, 4) is 0 Å². The van der Waals surface area contributed by atoms with Gasteiger partial charge in [0.2, 0.25) is 5.91 Å². The van der Waals surface area contributed by atoms with E-state index in [1.165, 1.54) is 7.05 Å². The predicted molar refractivity (Wildman–Crippen MR) is 77.2 cm³/mol. The molecule has 6 nitrogen and oxygen atoms in total. The minimum absolute atomic E-state index is 0.0906. The fourth-order valence-corrected chi connectivity index (χ4v) is 3.22. The first kappa shape index (κ1) is 13.5. The van der Waals surface area contributed by atoms with Crippen molar-refractivity contribution in [1.82, 2.24) is 13.6 Å². The highest BCUT2D eigenvalue weighted by Gasteiger charge is 2.36. The molecule has 1 aliphatic heterocycles. The molecular formula is C11H8Cl2N4O2S. The quantitative estimate of drug-likeness (QED) is 0.854. The Hall–Kier alpha value is -1.44. The summed E-state index contributed by atoms with van der Waals surface area (Å²) in [6.07, 6.45) is 0.0906. The Morgan fingerprint density at radius 3 is 2.65 bits per heavy atom. The van der Waals surface area contributed by atoms with Gasteiger partial charge in [-0.25, -0.2) is 0 Å². The minimum atomic E-state index is -0.643. The molecule has 2 heterocycles. The van der Waals surface area contributed by atoms with Gasteiger partial charge in [-0.3, -0.25) is 14.5 Å². The van der Waals surface area contributed by atoms with E-state index in [0.717, 1.165) is 16.6 Å². The summed E-state index contributed by atoms with van der Waals surface area (Å²) in [6.45, 7) is 0. The number of fused-ring (bicyclic) bond motifs is 1. The number of imide groups is 1. The molecule has 1 aromatic carbocycles. The topological polar surface area (TPSA) is 75.2 Å². The standard InChI is InChI=1S/C11H8Cl2N4O2S/c1-17-7(18)3-6(11(17)19)14-8-4(12)2-5(13)9-10(8)16-20-15-9/h2,6,14H,3H2,1H3. The molecule has 2 amide bonds. The van der Waals surface area contributed by atoms with E-state index < -0.39 is 6.04 Å². The van der Waals surface area contributed by atoms with E-state index in [2.05, 4.69) is 14.1 Å². The number of carbonyl (C=O) groups excluding carboxylic acids is 2. The van der Waals surface area contributed by atoms with E-state index in [1.54, 1.807) is 6.07 Å². The predicted octanol–water partition coefficient (Wildman–Crippen LogP) is 2.17. The second-order valence-corrected chi connectivity index (χ2v) is 5.71. The van der Waals surface area contributed by atoms with Crippen LogP contribution in [0.2, 0.25) is 10.0 Å². The zero-order chi connectivity index (χ0) is 14.4. The van der Waals surface area contributed by atoms with Gasteiger partial charge in [-0.2, -0.15) is 8.75 Å². The summed E-state index contributed by atoms with van der Waals surface area (Å²) in [5.74, 6) is -0.525. The highest BCUT2D eigenvalue weighted by Crippen LogP contribution is 2.36. The van der Waals surface area contributed by atoms with Crippen molar-refractivity contribution in [3.63, 3.8) is 0 Å². The lowest BCUT2D eigenvalue weighted by Gasteiger charge is -2.14. The molecule has 9 heteroatoms. The third-order valence-electron chi connectivity index (χ3n) is 3.14. The van der Waals surface area contributed by atoms with Gasteiger partial charge in [0.05, 0.1) is 33.9 Å². The second kappa shape index (κ2) is 4.83. The molecule has 1 atom stereocenters. The van der Waals surface area contributed by atoms with E-state index in [0.29, 0.717) is 26.8 Å². The molecule has 0 saturated carbocycles. The smallest absolute Gasteiger partial charge is 0.251 e. The van der Waals surface area contributed by atoms with E-state index in [4.69, 9.17) is 23.2 Å². The first-order chi connectivity index (χ1) is 9.49. The lowest BCUT2D eigenvalue weighted by molar-refractivity contribution is -0.136. The largest absolute Gasteiger partial charge is 0.370 e. The summed E-state index contributed by atoms with van der Waals surface area (Å²) in [6, 6.07) is 0.899. The summed E-state index contributed by atoms with van der Waals surface area (Å²) in [7, 11) is 1.45. The number of nitrogens with zero attached hydrogens (tertiary/aromatic N) is 3. The Labute approximate surface area is 128 Å². The number of aromatic nitrogens is 2. The maximum atomic E-state index is 11.9. The number of halogens is 2. The van der Waals surface area contributed by atoms with Crippen LogP contribution in [0.5, 0.6) is 0 Å². The molecular weight excluding hydrogens is 323 g/mol. The molecule has 0 aliphatic carbocycles. The summed E-state index contributed by atoms with van der Waals surface area (Å²) in [5.41, 5.74) is 1.50. The van der Waals surface area contributed by atoms with Crippen molar-refractivity contribution in [2.45, 2.75) is 12.5 Å². The average molecular weight is 331 g/mol. The molecule has 1 aromatic heterocycles. The third kappa shape index (κ3) is 2.02. The first-order valence-corrected chi connectivity index (χ1v) is 7.15. The average Bonchev–Trinajstić information content (AvgIpc) is 2.97. The van der Waals surface area contributed by atoms with Crippen LogP contribution in [0.15, 0.2) is 6.07 Å². The van der Waals surface area contributed by atoms with Crippen LogP contribution >= 0.6 is 34.9 Å². The zero-order valence-electron chi connectivity index (χ0n) is 10.2. The summed E-state index contributed by atoms with van der Waals surface area (Å²) in [4.78, 5) is 24.5. The summed E-state index contributed by atoms with van der Waals surface area (Å²) >= 11 is 13.2. The molecule has 3 rings (SSSR count). The molecule has 0 bridgehead atoms. The fourth-order valence-electron chi connectivity index (χ4n) is 2.05. The first-order valence-electron chi connectivity index (χ1n) is 5.66. The van der Waals surface area contributed by atoms with Crippen molar-refractivity contribution in [2.24, 2.45) is 0 Å². The number of rotatable bonds is 2. The summed E-state index contributed by atoms with van der Waals surface area (Å²) < 4.78 is 8.22. The monoisotopic (exact) mass is 330 g/mol. The van der Waals surface area contributed by atoms with Crippen molar-refractivity contribution >= 4 is 63.5 Å². The Balaban J connectivity index is 2.02. The number of carbonyl (C=O) groups is 2. The van der Waals surface area contributed by atoms with Gasteiger partial charge in [-0.1, -0.05) is 23.2 Å². The minimum Gasteiger partial charge on any atom is -0.370 e. The van der Waals surface area contributed by atoms with Crippen LogP contribution in [-0.4, -0.2) is 38.6 Å². The van der Waals surface area contributed by atoms with Crippen molar-refractivity contribution in [1.29, 1.82) is 0 Å². The van der Waals surface area contributed by atoms with Crippen molar-refractivity contribution < 1.29 is 9.59 Å². The maximum absolute atomic E-state index is 11.9. The third-order valence-corrected chi connectivity index (χ3v) is 4.26. The van der Waals surface area contributed by atoms with Crippen LogP contribution in [0, 0.1) is 0 Å². The van der Waals surface area contributed by atoms with Crippen LogP contribution in [-0.2, 0) is 9.59 Å². The van der Waals surface area contributed by atoms with Gasteiger partial charge in [0, 0.05) is 7.05 Å². The Bertz CT molecular complexity index is 733. The summed E-state index contributed by atoms with van der Waals surface area (Å²) in [5, 5.41) is 3.71. The van der Waals surface area contributed by atoms with E-state index in [-0.39, 0.29) is 18.2 Å². The van der Waals surface area contributed by atoms with Crippen LogP contribution < -0.4 is 5.32 Å². The van der Waals surface area contributed by atoms with Crippen LogP contribution in [0.3, 0.4) is 0 Å². The van der Waals surface area contributed by atoms with Gasteiger partial charge in [-0.05, 0) is 6.07 Å². The highest BCUT2D eigenvalue weighted by atomic mass is 35.5. The number of likely N-dealkylation sites (tertiary alicyclic amines) is 1. The number of anilines is 1. The van der Waals surface area contributed by atoms with Gasteiger partial charge in [0.1, 0.15) is 17.1 Å². The SMILES string of the molecule is CN1C(=O)CC(Nc2c(Cl)cc(Cl)c3nsnc23)C1=O. The lowest BCUT2D eigenvalue weighted by atomic mass is 10.2. The molecule has 0 radical (unpaired) electrons. The molecule has 2 aromatic rings. The number of likely N-dealkylation sites (N-methyl/N-ethyl adjacent to an activating group) is 1. The number of benzene rings is 1. The van der Waals surface area contributed by atoms with Gasteiger partial charge >= 0.3 is 0 Å². The van der Waals surface area contributed by atoms with E-state index >= 15 is 0 Å². The molecule has 1 aliphatic rings. The van der Waals surface area contributed by atoms with Crippen LogP contribution in [0.4, 0.5) is 5.69 Å². The Morgan fingerprint density at radius 2 is 2.00 bits per heavy atom. The van der Waals surface area contributed by atoms with Gasteiger partial charge in [0.25, 0.3) is 5.91 Å². The molecule has 0 spiro atoms. The van der Waals surface area contributed by atoms with Gasteiger partial charge in [0.15, 0.2) is 0 Å². The fraction of sp³-hybridized carbons (Fsp3) is 0.273. The second-order valence-electron chi connectivity index (χ2n) is 4.37. The molecule has 1 unspecified atom stereocenters. The highest BCUT2D eigenvalue weighted by molar-refractivity contribution is 7.00. The van der Waals surface area contributed by atoms with Crippen LogP contribution in [0.25, 0.3) is 11.0 Å². The molecule has 1 N–H and O–H groups in total. The van der Waals surface area contributed by atoms with Gasteiger partial charge in [-0.15, -0.1) is 0 Å². The maximum Gasteiger partial charge on any atom is 0.251 e. The molecule has 1 fully saturated rings. The number of amides is 2. The Kier molecular flexibility index (Phi) is 3.27. The van der Waals surface area contributed by atoms with Gasteiger partial charge < -0.3 is 5.32 Å². The molecule has 104 valence electrons. The number of hydrogen-bond donors (Lipinski definition) is 1. The molecule has 1 saturated heterocycles. The normalized spacial score (nSPS) is 19.1. The van der Waals surface area contributed by atoms with Crippen LogP contribution in [0.1, 0.15) is 6.42 Å². The number of nitrogens with one attached hydrogen (secondary N) is 1. The Morgan fingerprint density at radius 1 is 1.30 bits per heavy atom. The van der Waals surface area contributed by atoms with Crippen molar-refractivity contribution in [3.05, 3.63) is 16.1 Å². The zero-order valence-corrected chi connectivity index (χ0v) is 12.5. The molecule has 20 heavy (non-hydrogen) atoms. The van der Waals surface area contributed by atoms with E-state index in [9.17, 15) is 9.59 Å². The van der Waals surface area contributed by atoms with Crippen molar-refractivity contribution in [2.75, 3.05) is 12.4 Å².